The summed E-state index contributed by atoms with van der Waals surface area (Å²) in [5.74, 6) is -1.36. The van der Waals surface area contributed by atoms with Crippen molar-refractivity contribution in [1.82, 2.24) is 9.36 Å². The molecule has 78 valence electrons. The lowest BCUT2D eigenvalue weighted by Crippen LogP contribution is -1.93. The van der Waals surface area contributed by atoms with E-state index in [2.05, 4.69) is 9.36 Å². The Hall–Kier alpha value is -1.56. The molecule has 0 radical (unpaired) electrons. The molecule has 1 heterocycles. The average Bonchev–Trinajstić information content (AvgIpc) is 2.49. The van der Waals surface area contributed by atoms with Gasteiger partial charge in [0.05, 0.1) is 5.56 Å². The lowest BCUT2D eigenvalue weighted by atomic mass is 10.1. The number of rotatable bonds is 1. The maximum atomic E-state index is 13.5. The number of hydrogen-bond donors (Lipinski definition) is 1. The van der Waals surface area contributed by atoms with Gasteiger partial charge in [-0.3, -0.25) is 0 Å². The van der Waals surface area contributed by atoms with Crippen molar-refractivity contribution >= 4 is 16.7 Å². The van der Waals surface area contributed by atoms with Crippen molar-refractivity contribution in [3.63, 3.8) is 0 Å². The highest BCUT2D eigenvalue weighted by Crippen LogP contribution is 2.26. The lowest BCUT2D eigenvalue weighted by molar-refractivity contribution is 0.586. The van der Waals surface area contributed by atoms with E-state index in [1.165, 1.54) is 12.1 Å². The van der Waals surface area contributed by atoms with Gasteiger partial charge >= 0.3 is 0 Å². The summed E-state index contributed by atoms with van der Waals surface area (Å²) in [5.41, 5.74) is 5.63. The predicted octanol–water partition coefficient (Wildman–Crippen LogP) is 2.37. The first-order valence-corrected chi connectivity index (χ1v) is 4.90. The molecule has 2 aromatic rings. The van der Waals surface area contributed by atoms with E-state index in [1.54, 1.807) is 6.92 Å². The fraction of sp³-hybridized carbons (Fsp3) is 0.111. The van der Waals surface area contributed by atoms with Gasteiger partial charge in [0, 0.05) is 11.5 Å². The molecule has 0 fully saturated rings. The summed E-state index contributed by atoms with van der Waals surface area (Å²) >= 11 is 0.904. The van der Waals surface area contributed by atoms with Crippen LogP contribution in [0.3, 0.4) is 0 Å². The maximum Gasteiger partial charge on any atom is 0.200 e. The Morgan fingerprint density at radius 1 is 1.27 bits per heavy atom. The van der Waals surface area contributed by atoms with Gasteiger partial charge in [-0.15, -0.1) is 0 Å². The SMILES string of the molecule is Cc1cc(F)c(-c2nsc(N)n2)c(F)c1. The van der Waals surface area contributed by atoms with Crippen LogP contribution in [0.2, 0.25) is 0 Å². The van der Waals surface area contributed by atoms with Gasteiger partial charge in [-0.2, -0.15) is 9.36 Å². The summed E-state index contributed by atoms with van der Waals surface area (Å²) in [6.45, 7) is 1.61. The normalized spacial score (nSPS) is 10.6. The highest BCUT2D eigenvalue weighted by Gasteiger charge is 2.16. The summed E-state index contributed by atoms with van der Waals surface area (Å²) in [7, 11) is 0. The highest BCUT2D eigenvalue weighted by molar-refractivity contribution is 7.09. The monoisotopic (exact) mass is 227 g/mol. The molecule has 0 saturated heterocycles. The minimum atomic E-state index is -0.676. The van der Waals surface area contributed by atoms with Crippen LogP contribution in [0.15, 0.2) is 12.1 Å². The first kappa shape index (κ1) is 9.97. The maximum absolute atomic E-state index is 13.5. The smallest absolute Gasteiger partial charge is 0.200 e. The Morgan fingerprint density at radius 2 is 1.87 bits per heavy atom. The molecule has 3 nitrogen and oxygen atoms in total. The molecule has 0 aliphatic carbocycles. The van der Waals surface area contributed by atoms with Crippen LogP contribution in [0, 0.1) is 18.6 Å². The molecule has 0 aliphatic heterocycles. The number of aromatic nitrogens is 2. The van der Waals surface area contributed by atoms with E-state index >= 15 is 0 Å². The van der Waals surface area contributed by atoms with E-state index in [0.29, 0.717) is 5.56 Å². The van der Waals surface area contributed by atoms with E-state index < -0.39 is 11.6 Å². The number of benzene rings is 1. The van der Waals surface area contributed by atoms with Crippen LogP contribution in [0.5, 0.6) is 0 Å². The molecule has 0 amide bonds. The van der Waals surface area contributed by atoms with E-state index in [-0.39, 0.29) is 16.5 Å². The molecule has 0 unspecified atom stereocenters. The number of aryl methyl sites for hydroxylation is 1. The fourth-order valence-corrected chi connectivity index (χ4v) is 1.69. The van der Waals surface area contributed by atoms with Crippen LogP contribution >= 0.6 is 11.5 Å². The first-order valence-electron chi connectivity index (χ1n) is 4.13. The van der Waals surface area contributed by atoms with E-state index in [4.69, 9.17) is 5.73 Å². The largest absolute Gasteiger partial charge is 0.374 e. The van der Waals surface area contributed by atoms with Crippen LogP contribution in [0.4, 0.5) is 13.9 Å². The number of hydrogen-bond acceptors (Lipinski definition) is 4. The summed E-state index contributed by atoms with van der Waals surface area (Å²) in [6.07, 6.45) is 0. The summed E-state index contributed by atoms with van der Waals surface area (Å²) in [4.78, 5) is 3.74. The van der Waals surface area contributed by atoms with Gasteiger partial charge in [-0.25, -0.2) is 8.78 Å². The van der Waals surface area contributed by atoms with Crippen molar-refractivity contribution in [3.05, 3.63) is 29.3 Å². The number of nitrogens with zero attached hydrogens (tertiary/aromatic N) is 2. The predicted molar refractivity (Wildman–Crippen MR) is 54.4 cm³/mol. The number of nitrogen functional groups attached to an aromatic ring is 1. The highest BCUT2D eigenvalue weighted by atomic mass is 32.1. The molecule has 1 aromatic heterocycles. The number of halogens is 2. The standard InChI is InChI=1S/C9H7F2N3S/c1-4-2-5(10)7(6(11)3-4)8-13-9(12)15-14-8/h2-3H,1H3,(H2,12,13,14). The van der Waals surface area contributed by atoms with Crippen LogP contribution in [0.25, 0.3) is 11.4 Å². The molecule has 2 rings (SSSR count). The molecule has 15 heavy (non-hydrogen) atoms. The lowest BCUT2D eigenvalue weighted by Gasteiger charge is -2.01. The van der Waals surface area contributed by atoms with Crippen molar-refractivity contribution in [2.24, 2.45) is 0 Å². The van der Waals surface area contributed by atoms with Crippen molar-refractivity contribution in [1.29, 1.82) is 0 Å². The Bertz CT molecular complexity index is 487. The second-order valence-electron chi connectivity index (χ2n) is 3.06. The van der Waals surface area contributed by atoms with Gasteiger partial charge in [0.2, 0.25) is 0 Å². The van der Waals surface area contributed by atoms with Crippen LogP contribution in [-0.4, -0.2) is 9.36 Å². The third-order valence-electron chi connectivity index (χ3n) is 1.85. The molecule has 0 atom stereocenters. The van der Waals surface area contributed by atoms with Gasteiger partial charge in [0.15, 0.2) is 11.0 Å². The van der Waals surface area contributed by atoms with E-state index in [1.807, 2.05) is 0 Å². The Balaban J connectivity index is 2.62. The van der Waals surface area contributed by atoms with Crippen molar-refractivity contribution in [2.75, 3.05) is 5.73 Å². The second-order valence-corrected chi connectivity index (χ2v) is 3.84. The minimum Gasteiger partial charge on any atom is -0.374 e. The Labute approximate surface area is 88.7 Å². The van der Waals surface area contributed by atoms with Gasteiger partial charge in [0.25, 0.3) is 0 Å². The zero-order valence-electron chi connectivity index (χ0n) is 7.79. The third kappa shape index (κ3) is 1.80. The van der Waals surface area contributed by atoms with E-state index in [0.717, 1.165) is 11.5 Å². The average molecular weight is 227 g/mol. The van der Waals surface area contributed by atoms with Crippen molar-refractivity contribution < 1.29 is 8.78 Å². The number of nitrogens with two attached hydrogens (primary N) is 1. The molecular weight excluding hydrogens is 220 g/mol. The van der Waals surface area contributed by atoms with Gasteiger partial charge < -0.3 is 5.73 Å². The van der Waals surface area contributed by atoms with Crippen LogP contribution in [0.1, 0.15) is 5.56 Å². The topological polar surface area (TPSA) is 51.8 Å². The molecule has 6 heteroatoms. The second kappa shape index (κ2) is 3.54. The molecular formula is C9H7F2N3S. The van der Waals surface area contributed by atoms with E-state index in [9.17, 15) is 8.78 Å². The summed E-state index contributed by atoms with van der Waals surface area (Å²) < 4.78 is 30.7. The van der Waals surface area contributed by atoms with Gasteiger partial charge in [0.1, 0.15) is 11.6 Å². The molecule has 1 aromatic carbocycles. The zero-order chi connectivity index (χ0) is 11.0. The first-order chi connectivity index (χ1) is 7.08. The van der Waals surface area contributed by atoms with Crippen molar-refractivity contribution in [2.45, 2.75) is 6.92 Å². The Morgan fingerprint density at radius 3 is 2.33 bits per heavy atom. The number of anilines is 1. The third-order valence-corrected chi connectivity index (χ3v) is 2.39. The van der Waals surface area contributed by atoms with Gasteiger partial charge in [-0.1, -0.05) is 0 Å². The molecule has 0 saturated carbocycles. The molecule has 0 bridgehead atoms. The molecule has 0 spiro atoms. The van der Waals surface area contributed by atoms with Crippen LogP contribution < -0.4 is 5.73 Å². The quantitative estimate of drug-likeness (QED) is 0.813. The minimum absolute atomic E-state index is 0.00694. The van der Waals surface area contributed by atoms with Crippen molar-refractivity contribution in [3.8, 4) is 11.4 Å². The van der Waals surface area contributed by atoms with Crippen LogP contribution in [-0.2, 0) is 0 Å². The zero-order valence-corrected chi connectivity index (χ0v) is 8.61. The summed E-state index contributed by atoms with van der Waals surface area (Å²) in [6, 6.07) is 2.46. The molecule has 0 aliphatic rings. The fourth-order valence-electron chi connectivity index (χ4n) is 1.25. The summed E-state index contributed by atoms with van der Waals surface area (Å²) in [5, 5.41) is 0.185. The molecule has 2 N–H and O–H groups in total. The van der Waals surface area contributed by atoms with Gasteiger partial charge in [-0.05, 0) is 24.6 Å². The Kier molecular flexibility index (Phi) is 2.36.